The largest absolute Gasteiger partial charge is 0.478 e. The van der Waals surface area contributed by atoms with Gasteiger partial charge in [-0.3, -0.25) is 0 Å². The fraction of sp³-hybridized carbons (Fsp3) is 0.500. The highest BCUT2D eigenvalue weighted by molar-refractivity contribution is 5.88. The minimum Gasteiger partial charge on any atom is -0.478 e. The van der Waals surface area contributed by atoms with Gasteiger partial charge < -0.3 is 40.9 Å². The lowest BCUT2D eigenvalue weighted by Crippen LogP contribution is -2.45. The Labute approximate surface area is 406 Å². The molecule has 0 heterocycles. The molecule has 0 aromatic heterocycles. The second-order valence-corrected chi connectivity index (χ2v) is 16.6. The van der Waals surface area contributed by atoms with Crippen LogP contribution in [0.4, 0.5) is 0 Å². The lowest BCUT2D eigenvalue weighted by atomic mass is 9.68. The molecule has 380 valence electrons. The molecular weight excluding hydrogens is 865 g/mol. The first kappa shape index (κ1) is 64.7. The first-order valence-corrected chi connectivity index (χ1v) is 24.2. The van der Waals surface area contributed by atoms with Crippen LogP contribution in [0.25, 0.3) is 0 Å². The lowest BCUT2D eigenvalue weighted by molar-refractivity contribution is -0.0886. The number of aliphatic hydroxyl groups excluding tert-OH is 4. The van der Waals surface area contributed by atoms with Crippen LogP contribution >= 0.6 is 0 Å². The summed E-state index contributed by atoms with van der Waals surface area (Å²) in [5.74, 6) is -3.52. The molecule has 0 bridgehead atoms. The molecule has 12 nitrogen and oxygen atoms in total. The number of carboxylic acid groups (broad SMARTS) is 4. The standard InChI is InChI=1S/C15H32O2.C13H28O2.4C7H6O2/c1-5-9-13(16)15(11-7-3,12-8-4)14(17)10-6-2;1-5-9-11(14)13(7-3,8-4)12(15)10-6-2;4*8-7(9)6-4-2-1-3-5-6/h13-14,16-17H,5-12H2,1-4H3;11-12,14-15H,5-10H2,1-4H3;4*1-5H,(H,8,9). The van der Waals surface area contributed by atoms with E-state index in [1.54, 1.807) is 121 Å². The third kappa shape index (κ3) is 25.1. The van der Waals surface area contributed by atoms with Crippen LogP contribution in [0.15, 0.2) is 121 Å². The van der Waals surface area contributed by atoms with Crippen molar-refractivity contribution in [1.82, 2.24) is 0 Å². The first-order valence-electron chi connectivity index (χ1n) is 24.2. The Balaban J connectivity index is 0. The Bertz CT molecular complexity index is 1620. The van der Waals surface area contributed by atoms with Crippen molar-refractivity contribution in [3.8, 4) is 0 Å². The van der Waals surface area contributed by atoms with E-state index in [2.05, 4.69) is 55.4 Å². The summed E-state index contributed by atoms with van der Waals surface area (Å²) in [5.41, 5.74) is 0.770. The second kappa shape index (κ2) is 38.6. The van der Waals surface area contributed by atoms with Gasteiger partial charge >= 0.3 is 23.9 Å². The lowest BCUT2D eigenvalue weighted by Gasteiger charge is -2.42. The Hall–Kier alpha value is -5.40. The molecule has 0 spiro atoms. The van der Waals surface area contributed by atoms with E-state index in [1.165, 1.54) is 0 Å². The van der Waals surface area contributed by atoms with Crippen molar-refractivity contribution in [1.29, 1.82) is 0 Å². The van der Waals surface area contributed by atoms with Gasteiger partial charge in [-0.25, -0.2) is 19.2 Å². The minimum absolute atomic E-state index is 0.268. The van der Waals surface area contributed by atoms with Crippen LogP contribution in [0.5, 0.6) is 0 Å². The van der Waals surface area contributed by atoms with E-state index in [4.69, 9.17) is 20.4 Å². The Kier molecular flexibility index (Phi) is 36.7. The van der Waals surface area contributed by atoms with Crippen LogP contribution in [0.2, 0.25) is 0 Å². The topological polar surface area (TPSA) is 230 Å². The van der Waals surface area contributed by atoms with Gasteiger partial charge in [0.2, 0.25) is 0 Å². The highest BCUT2D eigenvalue weighted by Crippen LogP contribution is 2.41. The molecule has 0 aliphatic heterocycles. The smallest absolute Gasteiger partial charge is 0.335 e. The summed E-state index contributed by atoms with van der Waals surface area (Å²) in [7, 11) is 0. The maximum atomic E-state index is 10.5. The zero-order valence-corrected chi connectivity index (χ0v) is 42.0. The summed E-state index contributed by atoms with van der Waals surface area (Å²) < 4.78 is 0. The number of aromatic carboxylic acids is 4. The zero-order chi connectivity index (χ0) is 52.0. The van der Waals surface area contributed by atoms with Gasteiger partial charge in [0.05, 0.1) is 46.7 Å². The fourth-order valence-electron chi connectivity index (χ4n) is 7.93. The average molecular weight is 949 g/mol. The molecule has 4 atom stereocenters. The summed E-state index contributed by atoms with van der Waals surface area (Å²) in [4.78, 5) is 40.8. The van der Waals surface area contributed by atoms with Gasteiger partial charge in [-0.05, 0) is 99.9 Å². The van der Waals surface area contributed by atoms with Gasteiger partial charge in [0.1, 0.15) is 0 Å². The van der Waals surface area contributed by atoms with Crippen LogP contribution < -0.4 is 0 Å². The van der Waals surface area contributed by atoms with Crippen molar-refractivity contribution in [3.05, 3.63) is 144 Å². The van der Waals surface area contributed by atoms with Gasteiger partial charge in [0.15, 0.2) is 0 Å². The van der Waals surface area contributed by atoms with E-state index in [9.17, 15) is 39.6 Å². The second-order valence-electron chi connectivity index (χ2n) is 16.6. The Morgan fingerprint density at radius 2 is 0.529 bits per heavy atom. The number of carbonyl (C=O) groups is 4. The van der Waals surface area contributed by atoms with Gasteiger partial charge in [-0.15, -0.1) is 0 Å². The number of aliphatic hydroxyl groups is 4. The SMILES string of the molecule is CCCC(O)C(CC)(CC)C(O)CCC.CCCC(O)C(CCC)(CCC)C(O)CCC.O=C(O)c1ccccc1.O=C(O)c1ccccc1.O=C(O)c1ccccc1.O=C(O)c1ccccc1. The summed E-state index contributed by atoms with van der Waals surface area (Å²) in [5, 5.41) is 74.8. The van der Waals surface area contributed by atoms with Gasteiger partial charge in [-0.2, -0.15) is 0 Å². The molecule has 0 aliphatic rings. The van der Waals surface area contributed by atoms with Gasteiger partial charge in [0, 0.05) is 10.8 Å². The maximum Gasteiger partial charge on any atom is 0.335 e. The van der Waals surface area contributed by atoms with Crippen molar-refractivity contribution < 1.29 is 60.0 Å². The minimum atomic E-state index is -0.879. The van der Waals surface area contributed by atoms with Crippen molar-refractivity contribution >= 4 is 23.9 Å². The molecule has 4 aromatic carbocycles. The van der Waals surface area contributed by atoms with Gasteiger partial charge in [0.25, 0.3) is 0 Å². The molecule has 4 rings (SSSR count). The van der Waals surface area contributed by atoms with Crippen molar-refractivity contribution in [2.24, 2.45) is 10.8 Å². The number of benzene rings is 4. The quantitative estimate of drug-likeness (QED) is 0.0368. The summed E-state index contributed by atoms with van der Waals surface area (Å²) in [6.45, 7) is 16.8. The number of carboxylic acids is 4. The third-order valence-corrected chi connectivity index (χ3v) is 11.7. The monoisotopic (exact) mass is 949 g/mol. The van der Waals surface area contributed by atoms with Crippen LogP contribution in [0.1, 0.15) is 187 Å². The fourth-order valence-corrected chi connectivity index (χ4v) is 7.93. The molecule has 4 unspecified atom stereocenters. The molecule has 0 fully saturated rings. The van der Waals surface area contributed by atoms with E-state index < -0.39 is 23.9 Å². The molecule has 0 saturated heterocycles. The highest BCUT2D eigenvalue weighted by atomic mass is 16.4. The van der Waals surface area contributed by atoms with Crippen LogP contribution in [-0.2, 0) is 0 Å². The normalized spacial score (nSPS) is 12.3. The van der Waals surface area contributed by atoms with E-state index >= 15 is 0 Å². The van der Waals surface area contributed by atoms with Crippen molar-refractivity contribution in [2.45, 2.75) is 170 Å². The van der Waals surface area contributed by atoms with Gasteiger partial charge in [-0.1, -0.05) is 167 Å². The summed E-state index contributed by atoms with van der Waals surface area (Å²) in [6, 6.07) is 33.2. The predicted octanol–water partition coefficient (Wildman–Crippen LogP) is 12.5. The number of hydrogen-bond acceptors (Lipinski definition) is 8. The summed E-state index contributed by atoms with van der Waals surface area (Å²) in [6.07, 6.45) is 11.3. The van der Waals surface area contributed by atoms with Crippen LogP contribution in [-0.4, -0.2) is 89.1 Å². The van der Waals surface area contributed by atoms with Crippen molar-refractivity contribution in [2.75, 3.05) is 0 Å². The third-order valence-electron chi connectivity index (χ3n) is 11.7. The molecule has 8 N–H and O–H groups in total. The molecule has 0 amide bonds. The molecule has 0 radical (unpaired) electrons. The van der Waals surface area contributed by atoms with E-state index in [-0.39, 0.29) is 35.2 Å². The number of rotatable bonds is 22. The highest BCUT2D eigenvalue weighted by Gasteiger charge is 2.42. The molecule has 68 heavy (non-hydrogen) atoms. The first-order chi connectivity index (χ1) is 32.4. The molecule has 0 saturated carbocycles. The molecular formula is C56H84O12. The maximum absolute atomic E-state index is 10.5. The van der Waals surface area contributed by atoms with E-state index in [1.807, 2.05) is 0 Å². The van der Waals surface area contributed by atoms with Crippen LogP contribution in [0.3, 0.4) is 0 Å². The molecule has 4 aromatic rings. The van der Waals surface area contributed by atoms with Crippen LogP contribution in [0, 0.1) is 10.8 Å². The Morgan fingerprint density at radius 1 is 0.338 bits per heavy atom. The predicted molar refractivity (Wildman–Crippen MR) is 273 cm³/mol. The number of hydrogen-bond donors (Lipinski definition) is 8. The Morgan fingerprint density at radius 3 is 0.662 bits per heavy atom. The molecule has 0 aliphatic carbocycles. The van der Waals surface area contributed by atoms with E-state index in [0.717, 1.165) is 89.9 Å². The van der Waals surface area contributed by atoms with Crippen molar-refractivity contribution in [3.63, 3.8) is 0 Å². The molecule has 12 heteroatoms. The zero-order valence-electron chi connectivity index (χ0n) is 42.0. The summed E-state index contributed by atoms with van der Waals surface area (Å²) >= 11 is 0. The average Bonchev–Trinajstić information content (AvgIpc) is 3.34. The van der Waals surface area contributed by atoms with E-state index in [0.29, 0.717) is 22.3 Å².